The van der Waals surface area contributed by atoms with Crippen LogP contribution in [0.25, 0.3) is 0 Å². The summed E-state index contributed by atoms with van der Waals surface area (Å²) in [5.41, 5.74) is 1.93. The number of nitriles is 1. The van der Waals surface area contributed by atoms with Crippen LogP contribution >= 0.6 is 0 Å². The highest BCUT2D eigenvalue weighted by atomic mass is 16.5. The number of hydrogen-bond donors (Lipinski definition) is 1. The molecule has 3 rings (SSSR count). The fourth-order valence-corrected chi connectivity index (χ4v) is 4.19. The van der Waals surface area contributed by atoms with E-state index >= 15 is 0 Å². The zero-order valence-corrected chi connectivity index (χ0v) is 14.0. The first-order chi connectivity index (χ1) is 11.1. The van der Waals surface area contributed by atoms with Crippen LogP contribution in [0.4, 0.5) is 0 Å². The molecule has 2 fully saturated rings. The molecule has 1 aliphatic carbocycles. The number of ether oxygens (including phenoxy) is 1. The number of aliphatic hydroxyl groups excluding tert-OH is 1. The first kappa shape index (κ1) is 16.4. The molecule has 0 bridgehead atoms. The molecule has 4 heteroatoms. The maximum absolute atomic E-state index is 10.3. The molecule has 1 aromatic carbocycles. The van der Waals surface area contributed by atoms with Crippen LogP contribution in [0.1, 0.15) is 50.3 Å². The number of benzene rings is 1. The van der Waals surface area contributed by atoms with Crippen molar-refractivity contribution < 1.29 is 9.84 Å². The standard InChI is InChI=1S/C19H26N2O2/c1-3-23-18-12-17(22)19(18)8-10-21(11-9-19)14(2)16-6-4-15(13-20)5-7-16/h4-7,14,17-18,22H,3,8-12H2,1-2H3. The second kappa shape index (κ2) is 6.60. The van der Waals surface area contributed by atoms with E-state index in [0.717, 1.165) is 39.0 Å². The summed E-state index contributed by atoms with van der Waals surface area (Å²) < 4.78 is 5.84. The van der Waals surface area contributed by atoms with Gasteiger partial charge in [0.15, 0.2) is 0 Å². The molecule has 0 radical (unpaired) electrons. The Balaban J connectivity index is 1.63. The van der Waals surface area contributed by atoms with E-state index in [1.54, 1.807) is 0 Å². The highest BCUT2D eigenvalue weighted by Crippen LogP contribution is 2.51. The van der Waals surface area contributed by atoms with Crippen molar-refractivity contribution in [2.24, 2.45) is 5.41 Å². The first-order valence-corrected chi connectivity index (χ1v) is 8.64. The maximum Gasteiger partial charge on any atom is 0.0991 e. The molecule has 1 heterocycles. The molecule has 3 unspecified atom stereocenters. The Bertz CT molecular complexity index is 568. The molecule has 1 spiro atoms. The van der Waals surface area contributed by atoms with E-state index in [-0.39, 0.29) is 17.6 Å². The largest absolute Gasteiger partial charge is 0.392 e. The second-order valence-electron chi connectivity index (χ2n) is 6.87. The SMILES string of the molecule is CCOC1CC(O)C12CCN(C(C)c1ccc(C#N)cc1)CC2. The minimum atomic E-state index is -0.202. The van der Waals surface area contributed by atoms with Crippen molar-refractivity contribution in [3.8, 4) is 6.07 Å². The van der Waals surface area contributed by atoms with E-state index in [2.05, 4.69) is 30.0 Å². The summed E-state index contributed by atoms with van der Waals surface area (Å²) in [6, 6.07) is 10.4. The predicted octanol–water partition coefficient (Wildman–Crippen LogP) is 2.87. The van der Waals surface area contributed by atoms with Gasteiger partial charge < -0.3 is 9.84 Å². The lowest BCUT2D eigenvalue weighted by Crippen LogP contribution is -2.62. The van der Waals surface area contributed by atoms with Crippen LogP contribution < -0.4 is 0 Å². The van der Waals surface area contributed by atoms with Gasteiger partial charge in [0.2, 0.25) is 0 Å². The molecular weight excluding hydrogens is 288 g/mol. The predicted molar refractivity (Wildman–Crippen MR) is 88.8 cm³/mol. The molecule has 1 saturated carbocycles. The smallest absolute Gasteiger partial charge is 0.0991 e. The Hall–Kier alpha value is -1.41. The lowest BCUT2D eigenvalue weighted by Gasteiger charge is -2.57. The molecule has 1 N–H and O–H groups in total. The molecule has 2 aliphatic rings. The quantitative estimate of drug-likeness (QED) is 0.928. The van der Waals surface area contributed by atoms with Crippen LogP contribution in [-0.2, 0) is 4.74 Å². The number of rotatable bonds is 4. The van der Waals surface area contributed by atoms with Crippen LogP contribution in [0.15, 0.2) is 24.3 Å². The van der Waals surface area contributed by atoms with E-state index in [4.69, 9.17) is 10.00 Å². The third kappa shape index (κ3) is 2.89. The lowest BCUT2D eigenvalue weighted by atomic mass is 9.58. The number of piperidine rings is 1. The molecule has 1 aliphatic heterocycles. The Morgan fingerprint density at radius 1 is 1.35 bits per heavy atom. The Labute approximate surface area is 138 Å². The van der Waals surface area contributed by atoms with Gasteiger partial charge in [-0.2, -0.15) is 5.26 Å². The summed E-state index contributed by atoms with van der Waals surface area (Å²) in [4.78, 5) is 2.47. The molecule has 1 aromatic rings. The molecule has 3 atom stereocenters. The highest BCUT2D eigenvalue weighted by molar-refractivity contribution is 5.32. The van der Waals surface area contributed by atoms with Gasteiger partial charge in [-0.15, -0.1) is 0 Å². The van der Waals surface area contributed by atoms with Gasteiger partial charge in [0, 0.05) is 24.5 Å². The van der Waals surface area contributed by atoms with Crippen LogP contribution in [0.3, 0.4) is 0 Å². The van der Waals surface area contributed by atoms with Gasteiger partial charge in [0.25, 0.3) is 0 Å². The van der Waals surface area contributed by atoms with Gasteiger partial charge in [0.1, 0.15) is 0 Å². The summed E-state index contributed by atoms with van der Waals surface area (Å²) >= 11 is 0. The van der Waals surface area contributed by atoms with Crippen molar-refractivity contribution in [3.05, 3.63) is 35.4 Å². The number of aliphatic hydroxyl groups is 1. The maximum atomic E-state index is 10.3. The fraction of sp³-hybridized carbons (Fsp3) is 0.632. The van der Waals surface area contributed by atoms with Crippen molar-refractivity contribution in [1.82, 2.24) is 4.90 Å². The second-order valence-corrected chi connectivity index (χ2v) is 6.87. The average Bonchev–Trinajstić information content (AvgIpc) is 2.61. The zero-order valence-electron chi connectivity index (χ0n) is 14.0. The van der Waals surface area contributed by atoms with Gasteiger partial charge >= 0.3 is 0 Å². The van der Waals surface area contributed by atoms with E-state index in [0.29, 0.717) is 11.6 Å². The normalized spacial score (nSPS) is 28.1. The van der Waals surface area contributed by atoms with Crippen LogP contribution in [-0.4, -0.2) is 41.9 Å². The molecule has 1 saturated heterocycles. The molecule has 0 amide bonds. The van der Waals surface area contributed by atoms with E-state index < -0.39 is 0 Å². The van der Waals surface area contributed by atoms with Crippen LogP contribution in [0.2, 0.25) is 0 Å². The van der Waals surface area contributed by atoms with Crippen molar-refractivity contribution in [1.29, 1.82) is 5.26 Å². The first-order valence-electron chi connectivity index (χ1n) is 8.64. The number of hydrogen-bond acceptors (Lipinski definition) is 4. The van der Waals surface area contributed by atoms with Crippen molar-refractivity contribution in [3.63, 3.8) is 0 Å². The highest BCUT2D eigenvalue weighted by Gasteiger charge is 2.56. The molecule has 0 aromatic heterocycles. The van der Waals surface area contributed by atoms with Gasteiger partial charge in [-0.05, 0) is 57.5 Å². The topological polar surface area (TPSA) is 56.5 Å². The average molecular weight is 314 g/mol. The van der Waals surface area contributed by atoms with Gasteiger partial charge in [-0.25, -0.2) is 0 Å². The summed E-state index contributed by atoms with van der Waals surface area (Å²) in [6.07, 6.45) is 2.82. The molecule has 4 nitrogen and oxygen atoms in total. The fourth-order valence-electron chi connectivity index (χ4n) is 4.19. The third-order valence-electron chi connectivity index (χ3n) is 5.91. The van der Waals surface area contributed by atoms with Gasteiger partial charge in [0.05, 0.1) is 23.8 Å². The van der Waals surface area contributed by atoms with E-state index in [1.165, 1.54) is 5.56 Å². The Morgan fingerprint density at radius 3 is 2.52 bits per heavy atom. The molecule has 23 heavy (non-hydrogen) atoms. The Kier molecular flexibility index (Phi) is 4.72. The zero-order chi connectivity index (χ0) is 16.4. The summed E-state index contributed by atoms with van der Waals surface area (Å²) in [6.45, 7) is 6.95. The van der Waals surface area contributed by atoms with Gasteiger partial charge in [-0.3, -0.25) is 4.90 Å². The lowest BCUT2D eigenvalue weighted by molar-refractivity contribution is -0.211. The summed E-state index contributed by atoms with van der Waals surface area (Å²) in [7, 11) is 0. The van der Waals surface area contributed by atoms with Crippen molar-refractivity contribution in [2.45, 2.75) is 51.4 Å². The minimum absolute atomic E-state index is 0.0170. The van der Waals surface area contributed by atoms with Crippen LogP contribution in [0.5, 0.6) is 0 Å². The Morgan fingerprint density at radius 2 is 2.00 bits per heavy atom. The number of likely N-dealkylation sites (tertiary alicyclic amines) is 1. The molecular formula is C19H26N2O2. The van der Waals surface area contributed by atoms with Crippen molar-refractivity contribution >= 4 is 0 Å². The van der Waals surface area contributed by atoms with Gasteiger partial charge in [-0.1, -0.05) is 12.1 Å². The van der Waals surface area contributed by atoms with Crippen molar-refractivity contribution in [2.75, 3.05) is 19.7 Å². The van der Waals surface area contributed by atoms with E-state index in [1.807, 2.05) is 19.1 Å². The summed E-state index contributed by atoms with van der Waals surface area (Å²) in [5, 5.41) is 19.2. The monoisotopic (exact) mass is 314 g/mol. The summed E-state index contributed by atoms with van der Waals surface area (Å²) in [5.74, 6) is 0. The van der Waals surface area contributed by atoms with Crippen LogP contribution in [0, 0.1) is 16.7 Å². The molecule has 124 valence electrons. The number of nitrogens with zero attached hydrogens (tertiary/aromatic N) is 2. The third-order valence-corrected chi connectivity index (χ3v) is 5.91. The van der Waals surface area contributed by atoms with E-state index in [9.17, 15) is 5.11 Å². The minimum Gasteiger partial charge on any atom is -0.392 e.